The minimum absolute atomic E-state index is 0.108. The Labute approximate surface area is 230 Å². The highest BCUT2D eigenvalue weighted by molar-refractivity contribution is 7.10. The Morgan fingerprint density at radius 3 is 2.62 bits per heavy atom. The van der Waals surface area contributed by atoms with Crippen molar-refractivity contribution in [3.8, 4) is 11.5 Å². The lowest BCUT2D eigenvalue weighted by Gasteiger charge is -2.24. The molecular weight excluding hydrogens is 544 g/mol. The summed E-state index contributed by atoms with van der Waals surface area (Å²) in [6.07, 6.45) is 1.64. The van der Waals surface area contributed by atoms with E-state index in [4.69, 9.17) is 4.74 Å². The van der Waals surface area contributed by atoms with Gasteiger partial charge in [0.2, 0.25) is 0 Å². The first-order valence-corrected chi connectivity index (χ1v) is 13.5. The van der Waals surface area contributed by atoms with Crippen LogP contribution in [0.3, 0.4) is 0 Å². The van der Waals surface area contributed by atoms with Crippen LogP contribution < -0.4 is 29.7 Å². The number of methoxy groups -OCH3 is 1. The molecule has 3 heterocycles. The third-order valence-electron chi connectivity index (χ3n) is 6.17. The Hall–Kier alpha value is -4.09. The number of rotatable bonds is 7. The van der Waals surface area contributed by atoms with Gasteiger partial charge in [-0.15, -0.1) is 11.3 Å². The fourth-order valence-electron chi connectivity index (χ4n) is 4.35. The third kappa shape index (κ3) is 5.27. The molecule has 1 N–H and O–H groups in total. The van der Waals surface area contributed by atoms with Crippen LogP contribution in [0.15, 0.2) is 81.0 Å². The molecule has 1 aliphatic rings. The lowest BCUT2D eigenvalue weighted by Crippen LogP contribution is -2.40. The van der Waals surface area contributed by atoms with Crippen LogP contribution in [0.5, 0.6) is 11.5 Å². The number of hydrogen-bond acceptors (Lipinski definition) is 7. The molecule has 1 atom stereocenters. The molecule has 0 bridgehead atoms. The van der Waals surface area contributed by atoms with Gasteiger partial charge in [0.1, 0.15) is 6.04 Å². The van der Waals surface area contributed by atoms with Gasteiger partial charge in [-0.1, -0.05) is 41.7 Å². The number of thiazole rings is 1. The van der Waals surface area contributed by atoms with Crippen molar-refractivity contribution in [3.05, 3.63) is 107 Å². The molecule has 1 amide bonds. The number of carbonyl (C=O) groups is 1. The molecule has 1 aliphatic heterocycles. The van der Waals surface area contributed by atoms with E-state index in [9.17, 15) is 18.4 Å². The average Bonchev–Trinajstić information content (AvgIpc) is 3.53. The summed E-state index contributed by atoms with van der Waals surface area (Å²) < 4.78 is 37.0. The zero-order valence-electron chi connectivity index (χ0n) is 21.1. The Balaban J connectivity index is 1.60. The topological polar surface area (TPSA) is 81.9 Å². The zero-order valence-corrected chi connectivity index (χ0v) is 22.7. The zero-order chi connectivity index (χ0) is 27.7. The van der Waals surface area contributed by atoms with Gasteiger partial charge in [0, 0.05) is 10.6 Å². The maximum absolute atomic E-state index is 13.8. The monoisotopic (exact) mass is 567 g/mol. The smallest absolute Gasteiger partial charge is 0.387 e. The van der Waals surface area contributed by atoms with E-state index in [1.807, 2.05) is 48.7 Å². The molecule has 1 unspecified atom stereocenters. The number of alkyl halides is 2. The molecule has 4 aromatic rings. The van der Waals surface area contributed by atoms with E-state index in [-0.39, 0.29) is 23.0 Å². The third-order valence-corrected chi connectivity index (χ3v) is 8.08. The molecule has 2 aromatic heterocycles. The summed E-state index contributed by atoms with van der Waals surface area (Å²) in [6, 6.07) is 15.0. The van der Waals surface area contributed by atoms with Crippen molar-refractivity contribution >= 4 is 40.3 Å². The van der Waals surface area contributed by atoms with E-state index in [1.165, 1.54) is 46.5 Å². The fraction of sp³-hybridized carbons (Fsp3) is 0.179. The van der Waals surface area contributed by atoms with Crippen molar-refractivity contribution in [1.29, 1.82) is 0 Å². The van der Waals surface area contributed by atoms with E-state index < -0.39 is 12.7 Å². The summed E-state index contributed by atoms with van der Waals surface area (Å²) in [4.78, 5) is 33.3. The van der Waals surface area contributed by atoms with Crippen molar-refractivity contribution in [3.63, 3.8) is 0 Å². The van der Waals surface area contributed by atoms with Gasteiger partial charge in [-0.05, 0) is 60.7 Å². The average molecular weight is 568 g/mol. The summed E-state index contributed by atoms with van der Waals surface area (Å²) >= 11 is 2.63. The second kappa shape index (κ2) is 11.0. The lowest BCUT2D eigenvalue weighted by molar-refractivity contribution is -0.113. The largest absolute Gasteiger partial charge is 0.493 e. The second-order valence-electron chi connectivity index (χ2n) is 8.66. The summed E-state index contributed by atoms with van der Waals surface area (Å²) in [5.74, 6) is -0.333. The molecule has 0 spiro atoms. The van der Waals surface area contributed by atoms with Crippen LogP contribution in [0.1, 0.15) is 29.0 Å². The molecule has 0 radical (unpaired) electrons. The number of allylic oxidation sites excluding steroid dienone is 1. The Morgan fingerprint density at radius 2 is 1.92 bits per heavy atom. The SMILES string of the molecule is COc1cc(/C=c2/sc3n(c2=O)C(c2cccs2)C(C(=O)Nc2ccccc2C)=C(C)N=3)ccc1OC(F)F. The van der Waals surface area contributed by atoms with Gasteiger partial charge in [0.25, 0.3) is 11.5 Å². The van der Waals surface area contributed by atoms with Crippen LogP contribution in [0.2, 0.25) is 0 Å². The summed E-state index contributed by atoms with van der Waals surface area (Å²) in [5.41, 5.74) is 2.73. The Bertz CT molecular complexity index is 1760. The summed E-state index contributed by atoms with van der Waals surface area (Å²) in [7, 11) is 1.35. The lowest BCUT2D eigenvalue weighted by atomic mass is 10.0. The van der Waals surface area contributed by atoms with Crippen LogP contribution in [-0.2, 0) is 4.79 Å². The van der Waals surface area contributed by atoms with Crippen LogP contribution in [0.25, 0.3) is 6.08 Å². The van der Waals surface area contributed by atoms with Crippen molar-refractivity contribution in [2.24, 2.45) is 4.99 Å². The minimum atomic E-state index is -2.99. The van der Waals surface area contributed by atoms with E-state index in [2.05, 4.69) is 15.0 Å². The Kier molecular flexibility index (Phi) is 7.45. The van der Waals surface area contributed by atoms with Crippen LogP contribution in [-0.4, -0.2) is 24.2 Å². The number of anilines is 1. The standard InChI is InChI=1S/C28H23F2N3O4S2/c1-15-7-4-5-8-18(15)32-25(34)23-16(2)31-28-33(24(23)21-9-6-12-38-21)26(35)22(39-28)14-17-10-11-19(37-27(29)30)20(13-17)36-3/h4-14,24,27H,1-3H3,(H,32,34)/b22-14+. The Morgan fingerprint density at radius 1 is 1.13 bits per heavy atom. The predicted octanol–water partition coefficient (Wildman–Crippen LogP) is 4.85. The molecule has 5 rings (SSSR count). The van der Waals surface area contributed by atoms with Crippen LogP contribution in [0, 0.1) is 6.92 Å². The number of nitrogens with one attached hydrogen (secondary N) is 1. The number of thiophene rings is 1. The van der Waals surface area contributed by atoms with Gasteiger partial charge < -0.3 is 14.8 Å². The first-order valence-electron chi connectivity index (χ1n) is 11.8. The first kappa shape index (κ1) is 26.5. The molecule has 39 heavy (non-hydrogen) atoms. The van der Waals surface area contributed by atoms with Gasteiger partial charge in [0.15, 0.2) is 16.3 Å². The highest BCUT2D eigenvalue weighted by Crippen LogP contribution is 2.34. The van der Waals surface area contributed by atoms with Crippen LogP contribution >= 0.6 is 22.7 Å². The summed E-state index contributed by atoms with van der Waals surface area (Å²) in [5, 5.41) is 4.87. The second-order valence-corrected chi connectivity index (χ2v) is 10.6. The van der Waals surface area contributed by atoms with Crippen molar-refractivity contribution < 1.29 is 23.0 Å². The number of para-hydroxylation sites is 1. The first-order chi connectivity index (χ1) is 18.8. The molecule has 11 heteroatoms. The van der Waals surface area contributed by atoms with E-state index in [0.717, 1.165) is 10.4 Å². The maximum Gasteiger partial charge on any atom is 0.387 e. The predicted molar refractivity (Wildman–Crippen MR) is 148 cm³/mol. The number of benzene rings is 2. The highest BCUT2D eigenvalue weighted by Gasteiger charge is 2.33. The number of ether oxygens (including phenoxy) is 2. The quantitative estimate of drug-likeness (QED) is 0.346. The van der Waals surface area contributed by atoms with Gasteiger partial charge in [-0.3, -0.25) is 14.2 Å². The number of hydrogen-bond donors (Lipinski definition) is 1. The van der Waals surface area contributed by atoms with Crippen molar-refractivity contribution in [2.75, 3.05) is 12.4 Å². The molecule has 0 aliphatic carbocycles. The van der Waals surface area contributed by atoms with Gasteiger partial charge >= 0.3 is 6.61 Å². The molecule has 200 valence electrons. The van der Waals surface area contributed by atoms with Gasteiger partial charge in [-0.25, -0.2) is 4.99 Å². The molecule has 0 saturated heterocycles. The number of fused-ring (bicyclic) bond motifs is 1. The molecule has 0 fully saturated rings. The van der Waals surface area contributed by atoms with Gasteiger partial charge in [0.05, 0.1) is 22.9 Å². The fourth-order valence-corrected chi connectivity index (χ4v) is 6.22. The molecule has 0 saturated carbocycles. The highest BCUT2D eigenvalue weighted by atomic mass is 32.1. The number of halogens is 2. The minimum Gasteiger partial charge on any atom is -0.493 e. The molecular formula is C28H23F2N3O4S2. The van der Waals surface area contributed by atoms with E-state index in [0.29, 0.717) is 31.9 Å². The van der Waals surface area contributed by atoms with Crippen molar-refractivity contribution in [2.45, 2.75) is 26.5 Å². The maximum atomic E-state index is 13.8. The summed E-state index contributed by atoms with van der Waals surface area (Å²) in [6.45, 7) is 0.673. The number of nitrogens with zero attached hydrogens (tertiary/aromatic N) is 2. The molecule has 7 nitrogen and oxygen atoms in total. The molecule has 2 aromatic carbocycles. The van der Waals surface area contributed by atoms with Crippen molar-refractivity contribution in [1.82, 2.24) is 4.57 Å². The van der Waals surface area contributed by atoms with E-state index in [1.54, 1.807) is 19.1 Å². The number of amides is 1. The normalized spacial score (nSPS) is 15.2. The number of aryl methyl sites for hydroxylation is 1. The van der Waals surface area contributed by atoms with E-state index >= 15 is 0 Å². The number of aromatic nitrogens is 1. The van der Waals surface area contributed by atoms with Gasteiger partial charge in [-0.2, -0.15) is 8.78 Å². The van der Waals surface area contributed by atoms with Crippen LogP contribution in [0.4, 0.5) is 14.5 Å². The number of carbonyl (C=O) groups excluding carboxylic acids is 1.